The number of aryl methyl sites for hydroxylation is 1. The Bertz CT molecular complexity index is 1110. The fourth-order valence-corrected chi connectivity index (χ4v) is 4.69. The zero-order chi connectivity index (χ0) is 21.8. The van der Waals surface area contributed by atoms with Crippen molar-refractivity contribution in [3.63, 3.8) is 0 Å². The maximum atomic E-state index is 12.9. The molecule has 1 aliphatic heterocycles. The molecule has 0 saturated heterocycles. The van der Waals surface area contributed by atoms with Crippen molar-refractivity contribution in [2.45, 2.75) is 20.3 Å². The predicted octanol–water partition coefficient (Wildman–Crippen LogP) is 5.36. The van der Waals surface area contributed by atoms with Crippen LogP contribution >= 0.6 is 23.6 Å². The van der Waals surface area contributed by atoms with Crippen molar-refractivity contribution in [2.24, 2.45) is 0 Å². The Balaban J connectivity index is 1.61. The number of esters is 1. The molecule has 0 unspecified atom stereocenters. The van der Waals surface area contributed by atoms with Crippen molar-refractivity contribution in [1.82, 2.24) is 0 Å². The number of fused-ring (bicyclic) bond motifs is 1. The third kappa shape index (κ3) is 4.81. The molecule has 0 fully saturated rings. The molecule has 0 aliphatic carbocycles. The summed E-state index contributed by atoms with van der Waals surface area (Å²) >= 11 is 6.95. The molecule has 8 heteroatoms. The van der Waals surface area contributed by atoms with E-state index in [1.54, 1.807) is 6.92 Å². The molecule has 1 aromatic heterocycles. The van der Waals surface area contributed by atoms with E-state index in [9.17, 15) is 4.79 Å². The van der Waals surface area contributed by atoms with Crippen LogP contribution in [0.2, 0.25) is 0 Å². The van der Waals surface area contributed by atoms with E-state index in [2.05, 4.69) is 10.6 Å². The van der Waals surface area contributed by atoms with E-state index in [1.807, 2.05) is 55.5 Å². The molecule has 4 rings (SSSR count). The monoisotopic (exact) mass is 454 g/mol. The second-order valence-electron chi connectivity index (χ2n) is 6.87. The average molecular weight is 455 g/mol. The van der Waals surface area contributed by atoms with Gasteiger partial charge in [-0.1, -0.05) is 24.3 Å². The fourth-order valence-electron chi connectivity index (χ4n) is 3.34. The molecular weight excluding hydrogens is 432 g/mol. The van der Waals surface area contributed by atoms with Crippen LogP contribution in [0, 0.1) is 6.92 Å². The van der Waals surface area contributed by atoms with Gasteiger partial charge in [0.15, 0.2) is 16.6 Å². The summed E-state index contributed by atoms with van der Waals surface area (Å²) in [6, 6.07) is 15.4. The van der Waals surface area contributed by atoms with E-state index in [-0.39, 0.29) is 12.8 Å². The molecular formula is C23H22N2O4S2. The van der Waals surface area contributed by atoms with Crippen molar-refractivity contribution < 1.29 is 19.0 Å². The van der Waals surface area contributed by atoms with E-state index in [0.717, 1.165) is 33.2 Å². The Morgan fingerprint density at radius 1 is 1.13 bits per heavy atom. The van der Waals surface area contributed by atoms with Gasteiger partial charge in [-0.15, -0.1) is 11.3 Å². The van der Waals surface area contributed by atoms with E-state index in [1.165, 1.54) is 11.3 Å². The van der Waals surface area contributed by atoms with Crippen LogP contribution in [0.25, 0.3) is 0 Å². The number of carbonyl (C=O) groups is 1. The smallest absolute Gasteiger partial charge is 0.341 e. The maximum absolute atomic E-state index is 12.9. The topological polar surface area (TPSA) is 68.8 Å². The van der Waals surface area contributed by atoms with Crippen LogP contribution in [-0.4, -0.2) is 24.5 Å². The first-order chi connectivity index (χ1) is 15.0. The normalized spacial score (nSPS) is 11.8. The SMILES string of the molecule is CCOC(=O)c1c(NC(=S)Nc2ccccc2)sc(C)c1Cc1ccc2c(c1)OCO2. The number of thiocarbonyl (C=S) groups is 1. The quantitative estimate of drug-likeness (QED) is 0.384. The predicted molar refractivity (Wildman–Crippen MR) is 127 cm³/mol. The summed E-state index contributed by atoms with van der Waals surface area (Å²) in [5.41, 5.74) is 3.31. The number of rotatable bonds is 6. The summed E-state index contributed by atoms with van der Waals surface area (Å²) in [4.78, 5) is 13.9. The van der Waals surface area contributed by atoms with E-state index in [0.29, 0.717) is 28.7 Å². The molecule has 0 amide bonds. The van der Waals surface area contributed by atoms with Crippen LogP contribution in [0.5, 0.6) is 11.5 Å². The number of thiophene rings is 1. The summed E-state index contributed by atoms with van der Waals surface area (Å²) in [5, 5.41) is 7.40. The van der Waals surface area contributed by atoms with Crippen LogP contribution in [-0.2, 0) is 11.2 Å². The summed E-state index contributed by atoms with van der Waals surface area (Å²) < 4.78 is 16.2. The molecule has 6 nitrogen and oxygen atoms in total. The highest BCUT2D eigenvalue weighted by atomic mass is 32.1. The third-order valence-electron chi connectivity index (χ3n) is 4.77. The van der Waals surface area contributed by atoms with Crippen molar-refractivity contribution in [3.8, 4) is 11.5 Å². The van der Waals surface area contributed by atoms with Gasteiger partial charge in [0.2, 0.25) is 6.79 Å². The van der Waals surface area contributed by atoms with Crippen molar-refractivity contribution in [3.05, 3.63) is 70.1 Å². The first-order valence-electron chi connectivity index (χ1n) is 9.86. The number of hydrogen-bond acceptors (Lipinski definition) is 6. The van der Waals surface area contributed by atoms with Crippen molar-refractivity contribution in [1.29, 1.82) is 0 Å². The molecule has 2 N–H and O–H groups in total. The fraction of sp³-hybridized carbons (Fsp3) is 0.217. The molecule has 2 heterocycles. The first-order valence-corrected chi connectivity index (χ1v) is 11.1. The standard InChI is InChI=1S/C23H22N2O4S2/c1-3-27-22(26)20-17(11-15-9-10-18-19(12-15)29-13-28-18)14(2)31-21(20)25-23(30)24-16-7-5-4-6-8-16/h4-10,12H,3,11,13H2,1-2H3,(H2,24,25,30). The van der Waals surface area contributed by atoms with Gasteiger partial charge in [-0.05, 0) is 67.9 Å². The minimum absolute atomic E-state index is 0.226. The molecule has 2 aromatic carbocycles. The van der Waals surface area contributed by atoms with E-state index in [4.69, 9.17) is 26.4 Å². The highest BCUT2D eigenvalue weighted by Gasteiger charge is 2.25. The largest absolute Gasteiger partial charge is 0.462 e. The second kappa shape index (κ2) is 9.36. The van der Waals surface area contributed by atoms with Gasteiger partial charge in [-0.2, -0.15) is 0 Å². The van der Waals surface area contributed by atoms with Gasteiger partial charge < -0.3 is 24.8 Å². The lowest BCUT2D eigenvalue weighted by Gasteiger charge is -2.12. The highest BCUT2D eigenvalue weighted by molar-refractivity contribution is 7.80. The zero-order valence-corrected chi connectivity index (χ0v) is 18.8. The van der Waals surface area contributed by atoms with E-state index < -0.39 is 0 Å². The van der Waals surface area contributed by atoms with Gasteiger partial charge in [0, 0.05) is 10.6 Å². The number of hydrogen-bond donors (Lipinski definition) is 2. The number of para-hydroxylation sites is 1. The Kier molecular flexibility index (Phi) is 6.39. The first kappa shape index (κ1) is 21.1. The summed E-state index contributed by atoms with van der Waals surface area (Å²) in [6.45, 7) is 4.31. The number of ether oxygens (including phenoxy) is 3. The lowest BCUT2D eigenvalue weighted by atomic mass is 10.0. The van der Waals surface area contributed by atoms with Gasteiger partial charge in [-0.3, -0.25) is 0 Å². The molecule has 31 heavy (non-hydrogen) atoms. The number of nitrogens with one attached hydrogen (secondary N) is 2. The lowest BCUT2D eigenvalue weighted by Crippen LogP contribution is -2.20. The van der Waals surface area contributed by atoms with Gasteiger partial charge in [0.1, 0.15) is 5.00 Å². The summed E-state index contributed by atoms with van der Waals surface area (Å²) in [7, 11) is 0. The van der Waals surface area contributed by atoms with Gasteiger partial charge in [-0.25, -0.2) is 4.79 Å². The molecule has 0 spiro atoms. The van der Waals surface area contributed by atoms with Crippen LogP contribution in [0.15, 0.2) is 48.5 Å². The Morgan fingerprint density at radius 3 is 2.68 bits per heavy atom. The van der Waals surface area contributed by atoms with Crippen LogP contribution in [0.4, 0.5) is 10.7 Å². The van der Waals surface area contributed by atoms with E-state index >= 15 is 0 Å². The Hall–Kier alpha value is -3.10. The minimum atomic E-state index is -0.368. The zero-order valence-electron chi connectivity index (χ0n) is 17.2. The summed E-state index contributed by atoms with van der Waals surface area (Å²) in [5.74, 6) is 1.08. The third-order valence-corrected chi connectivity index (χ3v) is 6.03. The Morgan fingerprint density at radius 2 is 1.90 bits per heavy atom. The van der Waals surface area contributed by atoms with Gasteiger partial charge >= 0.3 is 5.97 Å². The number of carbonyl (C=O) groups excluding carboxylic acids is 1. The van der Waals surface area contributed by atoms with Crippen molar-refractivity contribution >= 4 is 45.3 Å². The highest BCUT2D eigenvalue weighted by Crippen LogP contribution is 2.37. The minimum Gasteiger partial charge on any atom is -0.462 e. The molecule has 0 atom stereocenters. The van der Waals surface area contributed by atoms with Gasteiger partial charge in [0.25, 0.3) is 0 Å². The maximum Gasteiger partial charge on any atom is 0.341 e. The second-order valence-corrected chi connectivity index (χ2v) is 8.50. The van der Waals surface area contributed by atoms with Crippen LogP contribution < -0.4 is 20.1 Å². The molecule has 160 valence electrons. The summed E-state index contributed by atoms with van der Waals surface area (Å²) in [6.07, 6.45) is 0.563. The number of anilines is 2. The van der Waals surface area contributed by atoms with Crippen LogP contribution in [0.1, 0.15) is 33.3 Å². The molecule has 0 bridgehead atoms. The molecule has 0 saturated carbocycles. The molecule has 3 aromatic rings. The van der Waals surface area contributed by atoms with Gasteiger partial charge in [0.05, 0.1) is 12.2 Å². The number of benzene rings is 2. The average Bonchev–Trinajstić information content (AvgIpc) is 3.33. The lowest BCUT2D eigenvalue weighted by molar-refractivity contribution is 0.0527. The molecule has 1 aliphatic rings. The van der Waals surface area contributed by atoms with Crippen LogP contribution in [0.3, 0.4) is 0 Å². The molecule has 0 radical (unpaired) electrons. The Labute approximate surface area is 190 Å². The van der Waals surface area contributed by atoms with Crippen molar-refractivity contribution in [2.75, 3.05) is 24.0 Å².